The average molecular weight is 260 g/mol. The first-order valence-corrected chi connectivity index (χ1v) is 5.54. The summed E-state index contributed by atoms with van der Waals surface area (Å²) in [5, 5.41) is 4.20. The lowest BCUT2D eigenvalue weighted by Gasteiger charge is -2.02. The summed E-state index contributed by atoms with van der Waals surface area (Å²) in [5.41, 5.74) is 7.02. The molecule has 3 aromatic heterocycles. The maximum absolute atomic E-state index is 5.90. The molecule has 0 bridgehead atoms. The number of aryl methyl sites for hydroxylation is 1. The van der Waals surface area contributed by atoms with Gasteiger partial charge in [-0.1, -0.05) is 0 Å². The third-order valence-electron chi connectivity index (χ3n) is 2.67. The molecule has 2 N–H and O–H groups in total. The molecule has 0 aliphatic rings. The quantitative estimate of drug-likeness (QED) is 0.681. The second-order valence-corrected chi connectivity index (χ2v) is 3.95. The second kappa shape index (κ2) is 4.19. The molecule has 3 rings (SSSR count). The van der Waals surface area contributed by atoms with Crippen LogP contribution in [0, 0.1) is 0 Å². The van der Waals surface area contributed by atoms with Crippen molar-refractivity contribution in [2.75, 3.05) is 12.8 Å². The second-order valence-electron chi connectivity index (χ2n) is 3.95. The number of nitrogen functional groups attached to an aromatic ring is 1. The first-order chi connectivity index (χ1) is 9.19. The minimum atomic E-state index is 0.321. The van der Waals surface area contributed by atoms with Crippen molar-refractivity contribution in [1.82, 2.24) is 34.3 Å². The van der Waals surface area contributed by atoms with Gasteiger partial charge in [-0.3, -0.25) is 9.25 Å². The van der Waals surface area contributed by atoms with Crippen molar-refractivity contribution >= 4 is 17.1 Å². The van der Waals surface area contributed by atoms with Crippen LogP contribution in [0.5, 0.6) is 5.88 Å². The van der Waals surface area contributed by atoms with E-state index in [1.165, 1.54) is 13.4 Å². The molecule has 0 saturated heterocycles. The third-order valence-corrected chi connectivity index (χ3v) is 2.67. The molecule has 0 aromatic carbocycles. The maximum atomic E-state index is 5.90. The molecule has 3 heterocycles. The summed E-state index contributed by atoms with van der Waals surface area (Å²) in [6, 6.07) is 0. The highest BCUT2D eigenvalue weighted by molar-refractivity contribution is 5.78. The van der Waals surface area contributed by atoms with Crippen LogP contribution in [0.4, 0.5) is 5.95 Å². The summed E-state index contributed by atoms with van der Waals surface area (Å²) < 4.78 is 8.47. The molecular formula is C10H12N8O. The van der Waals surface area contributed by atoms with E-state index in [1.54, 1.807) is 22.6 Å². The van der Waals surface area contributed by atoms with Gasteiger partial charge in [0.05, 0.1) is 13.7 Å². The van der Waals surface area contributed by atoms with Crippen molar-refractivity contribution < 1.29 is 4.74 Å². The van der Waals surface area contributed by atoms with Crippen LogP contribution in [0.15, 0.2) is 12.7 Å². The molecule has 0 fully saturated rings. The van der Waals surface area contributed by atoms with Crippen molar-refractivity contribution in [3.05, 3.63) is 18.5 Å². The molecule has 9 nitrogen and oxygen atoms in total. The van der Waals surface area contributed by atoms with E-state index in [9.17, 15) is 0 Å². The van der Waals surface area contributed by atoms with Gasteiger partial charge in [-0.15, -0.1) is 0 Å². The zero-order valence-electron chi connectivity index (χ0n) is 10.5. The molecule has 0 saturated carbocycles. The van der Waals surface area contributed by atoms with Crippen LogP contribution in [0.1, 0.15) is 5.82 Å². The highest BCUT2D eigenvalue weighted by Crippen LogP contribution is 2.22. The fourth-order valence-corrected chi connectivity index (χ4v) is 1.84. The summed E-state index contributed by atoms with van der Waals surface area (Å²) in [6.45, 7) is 0.392. The van der Waals surface area contributed by atoms with E-state index in [1.807, 2.05) is 0 Å². The molecule has 0 radical (unpaired) electrons. The number of rotatable bonds is 3. The lowest BCUT2D eigenvalue weighted by atomic mass is 10.5. The summed E-state index contributed by atoms with van der Waals surface area (Å²) in [7, 11) is 3.33. The predicted molar refractivity (Wildman–Crippen MR) is 66.4 cm³/mol. The Bertz CT molecular complexity index is 730. The first kappa shape index (κ1) is 11.4. The van der Waals surface area contributed by atoms with Crippen molar-refractivity contribution in [1.29, 1.82) is 0 Å². The number of aromatic nitrogens is 7. The molecule has 0 spiro atoms. The summed E-state index contributed by atoms with van der Waals surface area (Å²) in [6.07, 6.45) is 3.03. The van der Waals surface area contributed by atoms with Crippen molar-refractivity contribution in [3.63, 3.8) is 0 Å². The van der Waals surface area contributed by atoms with Gasteiger partial charge in [0.2, 0.25) is 11.8 Å². The summed E-state index contributed by atoms with van der Waals surface area (Å²) in [4.78, 5) is 16.5. The number of imidazole rings is 1. The van der Waals surface area contributed by atoms with E-state index >= 15 is 0 Å². The fourth-order valence-electron chi connectivity index (χ4n) is 1.84. The van der Waals surface area contributed by atoms with Gasteiger partial charge >= 0.3 is 0 Å². The zero-order valence-corrected chi connectivity index (χ0v) is 10.5. The molecule has 0 amide bonds. The van der Waals surface area contributed by atoms with Crippen LogP contribution >= 0.6 is 0 Å². The number of methoxy groups -OCH3 is 1. The molecule has 0 aliphatic heterocycles. The largest absolute Gasteiger partial charge is 0.479 e. The van der Waals surface area contributed by atoms with Crippen LogP contribution in [0.25, 0.3) is 11.2 Å². The Morgan fingerprint density at radius 2 is 2.16 bits per heavy atom. The third kappa shape index (κ3) is 1.84. The number of nitrogens with two attached hydrogens (primary N) is 1. The topological polar surface area (TPSA) is 110 Å². The van der Waals surface area contributed by atoms with E-state index in [2.05, 4.69) is 25.0 Å². The SMILES string of the molecule is COc1ncnc2c1nc(N)n2Cc1ncn(C)n1. The lowest BCUT2D eigenvalue weighted by molar-refractivity contribution is 0.401. The van der Waals surface area contributed by atoms with Crippen LogP contribution in [0.3, 0.4) is 0 Å². The monoisotopic (exact) mass is 260 g/mol. The Hall–Kier alpha value is -2.71. The number of hydrogen-bond acceptors (Lipinski definition) is 7. The zero-order chi connectivity index (χ0) is 13.4. The van der Waals surface area contributed by atoms with Crippen molar-refractivity contribution in [3.8, 4) is 5.88 Å². The smallest absolute Gasteiger partial charge is 0.245 e. The normalized spacial score (nSPS) is 11.1. The van der Waals surface area contributed by atoms with E-state index in [-0.39, 0.29) is 0 Å². The molecule has 0 aliphatic carbocycles. The van der Waals surface area contributed by atoms with Crippen LogP contribution in [-0.4, -0.2) is 41.4 Å². The molecule has 3 aromatic rings. The average Bonchev–Trinajstić information content (AvgIpc) is 2.94. The van der Waals surface area contributed by atoms with Crippen LogP contribution in [0.2, 0.25) is 0 Å². The number of nitrogens with zero attached hydrogens (tertiary/aromatic N) is 7. The Morgan fingerprint density at radius 1 is 1.32 bits per heavy atom. The van der Waals surface area contributed by atoms with E-state index in [4.69, 9.17) is 10.5 Å². The Kier molecular flexibility index (Phi) is 2.51. The van der Waals surface area contributed by atoms with Gasteiger partial charge in [-0.25, -0.2) is 15.0 Å². The van der Waals surface area contributed by atoms with Gasteiger partial charge in [0, 0.05) is 7.05 Å². The molecule has 19 heavy (non-hydrogen) atoms. The van der Waals surface area contributed by atoms with Crippen LogP contribution < -0.4 is 10.5 Å². The van der Waals surface area contributed by atoms with E-state index < -0.39 is 0 Å². The molecular weight excluding hydrogens is 248 g/mol. The van der Waals surface area contributed by atoms with Crippen LogP contribution in [-0.2, 0) is 13.6 Å². The number of anilines is 1. The van der Waals surface area contributed by atoms with E-state index in [0.29, 0.717) is 35.4 Å². The summed E-state index contributed by atoms with van der Waals surface area (Å²) in [5.74, 6) is 1.34. The minimum absolute atomic E-state index is 0.321. The van der Waals surface area contributed by atoms with Crippen molar-refractivity contribution in [2.24, 2.45) is 7.05 Å². The Balaban J connectivity index is 2.10. The Morgan fingerprint density at radius 3 is 2.84 bits per heavy atom. The molecule has 0 atom stereocenters. The fraction of sp³-hybridized carbons (Fsp3) is 0.300. The number of hydrogen-bond donors (Lipinski definition) is 1. The minimum Gasteiger partial charge on any atom is -0.479 e. The predicted octanol–water partition coefficient (Wildman–Crippen LogP) is -0.406. The van der Waals surface area contributed by atoms with Gasteiger partial charge in [0.15, 0.2) is 17.0 Å². The molecule has 0 unspecified atom stereocenters. The van der Waals surface area contributed by atoms with Gasteiger partial charge in [-0.05, 0) is 0 Å². The number of fused-ring (bicyclic) bond motifs is 1. The molecule has 9 heteroatoms. The van der Waals surface area contributed by atoms with Gasteiger partial charge < -0.3 is 10.5 Å². The highest BCUT2D eigenvalue weighted by Gasteiger charge is 2.15. The lowest BCUT2D eigenvalue weighted by Crippen LogP contribution is -2.07. The van der Waals surface area contributed by atoms with Crippen molar-refractivity contribution in [2.45, 2.75) is 6.54 Å². The summed E-state index contributed by atoms with van der Waals surface area (Å²) >= 11 is 0. The van der Waals surface area contributed by atoms with E-state index in [0.717, 1.165) is 0 Å². The van der Waals surface area contributed by atoms with Gasteiger partial charge in [0.1, 0.15) is 12.7 Å². The van der Waals surface area contributed by atoms with Gasteiger partial charge in [-0.2, -0.15) is 10.1 Å². The maximum Gasteiger partial charge on any atom is 0.245 e. The first-order valence-electron chi connectivity index (χ1n) is 5.54. The standard InChI is InChI=1S/C10H12N8O/c1-17-5-14-6(16-17)3-18-8-7(15-10(18)11)9(19-2)13-4-12-8/h4-5H,3H2,1-2H3,(H2,11,15). The highest BCUT2D eigenvalue weighted by atomic mass is 16.5. The molecule has 98 valence electrons. The van der Waals surface area contributed by atoms with Gasteiger partial charge in [0.25, 0.3) is 0 Å². The Labute approximate surface area is 108 Å². The number of ether oxygens (including phenoxy) is 1.